The second-order valence-corrected chi connectivity index (χ2v) is 5.58. The molecule has 104 valence electrons. The lowest BCUT2D eigenvalue weighted by Crippen LogP contribution is -2.21. The van der Waals surface area contributed by atoms with Gasteiger partial charge in [0.2, 0.25) is 0 Å². The summed E-state index contributed by atoms with van der Waals surface area (Å²) in [6.45, 7) is 8.61. The van der Waals surface area contributed by atoms with Crippen LogP contribution in [0.2, 0.25) is 0 Å². The van der Waals surface area contributed by atoms with E-state index in [0.717, 1.165) is 24.8 Å². The molecule has 0 unspecified atom stereocenters. The molecule has 2 rings (SSSR count). The molecule has 2 heterocycles. The average Bonchev–Trinajstić information content (AvgIpc) is 2.67. The summed E-state index contributed by atoms with van der Waals surface area (Å²) < 4.78 is 1.87. The Kier molecular flexibility index (Phi) is 4.08. The number of rotatable bonds is 5. The fourth-order valence-electron chi connectivity index (χ4n) is 2.65. The van der Waals surface area contributed by atoms with Crippen LogP contribution in [0.1, 0.15) is 52.1 Å². The largest absolute Gasteiger partial charge is 0.327 e. The van der Waals surface area contributed by atoms with Crippen LogP contribution in [0.25, 0.3) is 11.2 Å². The van der Waals surface area contributed by atoms with Crippen LogP contribution in [0.15, 0.2) is 17.1 Å². The Balaban J connectivity index is 2.56. The topological polar surface area (TPSA) is 50.7 Å². The molecule has 0 saturated heterocycles. The molecule has 0 radical (unpaired) electrons. The molecule has 4 nitrogen and oxygen atoms in total. The molecular weight excluding hydrogens is 238 g/mol. The molecule has 0 atom stereocenters. The Labute approximate surface area is 113 Å². The Hall–Kier alpha value is -1.58. The molecule has 4 heteroatoms. The molecule has 2 aromatic rings. The summed E-state index contributed by atoms with van der Waals surface area (Å²) in [7, 11) is 0. The summed E-state index contributed by atoms with van der Waals surface area (Å²) in [5.74, 6) is 0.589. The van der Waals surface area contributed by atoms with Gasteiger partial charge < -0.3 is 0 Å². The van der Waals surface area contributed by atoms with Crippen molar-refractivity contribution in [3.63, 3.8) is 0 Å². The van der Waals surface area contributed by atoms with Crippen LogP contribution >= 0.6 is 0 Å². The smallest absolute Gasteiger partial charge is 0.290 e. The SMILES string of the molecule is CCC(CC)n1c(=O)[nH]c2ncc(CC(C)C)cc21. The average molecular weight is 261 g/mol. The summed E-state index contributed by atoms with van der Waals surface area (Å²) in [5, 5.41) is 0. The van der Waals surface area contributed by atoms with Crippen molar-refractivity contribution in [3.8, 4) is 0 Å². The maximum absolute atomic E-state index is 12.1. The zero-order valence-corrected chi connectivity index (χ0v) is 12.2. The molecule has 1 N–H and O–H groups in total. The first-order valence-electron chi connectivity index (χ1n) is 7.15. The summed E-state index contributed by atoms with van der Waals surface area (Å²) in [5.41, 5.74) is 2.79. The standard InChI is InChI=1S/C15H23N3O/c1-5-12(6-2)18-13-8-11(7-10(3)4)9-16-14(13)17-15(18)19/h8-10,12H,5-7H2,1-4H3,(H,16,17,19). The van der Waals surface area contributed by atoms with Crippen molar-refractivity contribution >= 4 is 11.2 Å². The van der Waals surface area contributed by atoms with Gasteiger partial charge in [-0.05, 0) is 36.8 Å². The van der Waals surface area contributed by atoms with Crippen molar-refractivity contribution in [1.82, 2.24) is 14.5 Å². The van der Waals surface area contributed by atoms with E-state index in [9.17, 15) is 4.79 Å². The highest BCUT2D eigenvalue weighted by atomic mass is 16.1. The van der Waals surface area contributed by atoms with E-state index < -0.39 is 0 Å². The van der Waals surface area contributed by atoms with Crippen molar-refractivity contribution in [3.05, 3.63) is 28.3 Å². The lowest BCUT2D eigenvalue weighted by molar-refractivity contribution is 0.471. The van der Waals surface area contributed by atoms with Gasteiger partial charge in [0.15, 0.2) is 5.65 Å². The van der Waals surface area contributed by atoms with E-state index in [-0.39, 0.29) is 11.7 Å². The highest BCUT2D eigenvalue weighted by Crippen LogP contribution is 2.20. The lowest BCUT2D eigenvalue weighted by atomic mass is 10.0. The van der Waals surface area contributed by atoms with Crippen molar-refractivity contribution in [2.24, 2.45) is 5.92 Å². The number of nitrogens with zero attached hydrogens (tertiary/aromatic N) is 2. The first-order valence-corrected chi connectivity index (χ1v) is 7.15. The van der Waals surface area contributed by atoms with Crippen molar-refractivity contribution in [2.75, 3.05) is 0 Å². The minimum absolute atomic E-state index is 0.0436. The van der Waals surface area contributed by atoms with Crippen LogP contribution in [-0.4, -0.2) is 14.5 Å². The minimum atomic E-state index is -0.0436. The molecular formula is C15H23N3O. The van der Waals surface area contributed by atoms with Crippen LogP contribution in [0.5, 0.6) is 0 Å². The Morgan fingerprint density at radius 1 is 1.32 bits per heavy atom. The normalized spacial score (nSPS) is 11.9. The quantitative estimate of drug-likeness (QED) is 0.898. The Bertz CT molecular complexity index is 605. The third kappa shape index (κ3) is 2.72. The molecule has 0 aliphatic carbocycles. The van der Waals surface area contributed by atoms with Crippen molar-refractivity contribution in [1.29, 1.82) is 0 Å². The van der Waals surface area contributed by atoms with Crippen LogP contribution in [0.3, 0.4) is 0 Å². The number of H-pyrrole nitrogens is 1. The zero-order valence-electron chi connectivity index (χ0n) is 12.2. The van der Waals surface area contributed by atoms with Crippen molar-refractivity contribution in [2.45, 2.75) is 53.0 Å². The molecule has 0 fully saturated rings. The van der Waals surface area contributed by atoms with Gasteiger partial charge in [-0.15, -0.1) is 0 Å². The van der Waals surface area contributed by atoms with E-state index in [1.54, 1.807) is 0 Å². The van der Waals surface area contributed by atoms with Gasteiger partial charge in [0.05, 0.1) is 5.52 Å². The van der Waals surface area contributed by atoms with E-state index in [2.05, 4.69) is 43.7 Å². The van der Waals surface area contributed by atoms with Crippen LogP contribution in [0, 0.1) is 5.92 Å². The summed E-state index contributed by atoms with van der Waals surface area (Å²) in [6.07, 6.45) is 4.77. The van der Waals surface area contributed by atoms with Crippen LogP contribution in [-0.2, 0) is 6.42 Å². The van der Waals surface area contributed by atoms with Gasteiger partial charge in [-0.2, -0.15) is 0 Å². The molecule has 0 aromatic carbocycles. The van der Waals surface area contributed by atoms with Gasteiger partial charge in [0.1, 0.15) is 0 Å². The minimum Gasteiger partial charge on any atom is -0.290 e. The van der Waals surface area contributed by atoms with Gasteiger partial charge >= 0.3 is 5.69 Å². The highest BCUT2D eigenvalue weighted by molar-refractivity contribution is 5.71. The van der Waals surface area contributed by atoms with Gasteiger partial charge in [-0.1, -0.05) is 27.7 Å². The summed E-state index contributed by atoms with van der Waals surface area (Å²) in [6, 6.07) is 2.36. The number of aromatic amines is 1. The molecule has 2 aromatic heterocycles. The lowest BCUT2D eigenvalue weighted by Gasteiger charge is -2.14. The molecule has 0 spiro atoms. The van der Waals surface area contributed by atoms with Gasteiger partial charge in [0.25, 0.3) is 0 Å². The fourth-order valence-corrected chi connectivity index (χ4v) is 2.65. The van der Waals surface area contributed by atoms with Crippen LogP contribution < -0.4 is 5.69 Å². The molecule has 19 heavy (non-hydrogen) atoms. The van der Waals surface area contributed by atoms with Gasteiger partial charge in [0, 0.05) is 12.2 Å². The number of pyridine rings is 1. The number of nitrogens with one attached hydrogen (secondary N) is 1. The van der Waals surface area contributed by atoms with E-state index in [0.29, 0.717) is 11.6 Å². The number of hydrogen-bond acceptors (Lipinski definition) is 2. The second-order valence-electron chi connectivity index (χ2n) is 5.58. The molecule has 0 bridgehead atoms. The molecule has 0 saturated carbocycles. The zero-order chi connectivity index (χ0) is 14.0. The second kappa shape index (κ2) is 5.59. The third-order valence-corrected chi connectivity index (χ3v) is 3.58. The first kappa shape index (κ1) is 13.8. The maximum Gasteiger partial charge on any atom is 0.327 e. The monoisotopic (exact) mass is 261 g/mol. The highest BCUT2D eigenvalue weighted by Gasteiger charge is 2.15. The number of aromatic nitrogens is 3. The predicted molar refractivity (Wildman–Crippen MR) is 78.5 cm³/mol. The van der Waals surface area contributed by atoms with E-state index >= 15 is 0 Å². The third-order valence-electron chi connectivity index (χ3n) is 3.58. The summed E-state index contributed by atoms with van der Waals surface area (Å²) in [4.78, 5) is 19.3. The maximum atomic E-state index is 12.1. The molecule has 0 aliphatic rings. The Morgan fingerprint density at radius 3 is 2.58 bits per heavy atom. The first-order chi connectivity index (χ1) is 9.06. The van der Waals surface area contributed by atoms with Crippen molar-refractivity contribution < 1.29 is 0 Å². The van der Waals surface area contributed by atoms with E-state index in [4.69, 9.17) is 0 Å². The number of fused-ring (bicyclic) bond motifs is 1. The van der Waals surface area contributed by atoms with Crippen LogP contribution in [0.4, 0.5) is 0 Å². The molecule has 0 amide bonds. The predicted octanol–water partition coefficient (Wildman–Crippen LogP) is 3.28. The van der Waals surface area contributed by atoms with E-state index in [1.807, 2.05) is 10.8 Å². The fraction of sp³-hybridized carbons (Fsp3) is 0.600. The Morgan fingerprint density at radius 2 is 2.00 bits per heavy atom. The number of hydrogen-bond donors (Lipinski definition) is 1. The van der Waals surface area contributed by atoms with E-state index in [1.165, 1.54) is 5.56 Å². The van der Waals surface area contributed by atoms with Gasteiger partial charge in [-0.3, -0.25) is 9.55 Å². The summed E-state index contributed by atoms with van der Waals surface area (Å²) >= 11 is 0. The number of imidazole rings is 1. The van der Waals surface area contributed by atoms with Gasteiger partial charge in [-0.25, -0.2) is 9.78 Å². The molecule has 0 aliphatic heterocycles.